The molecule has 1 aromatic heterocycles. The molecule has 2 heterocycles. The minimum Gasteiger partial charge on any atom is -0.478 e. The number of rotatable bonds is 6. The van der Waals surface area contributed by atoms with E-state index >= 15 is 0 Å². The minimum absolute atomic E-state index is 0.220. The van der Waals surface area contributed by atoms with Gasteiger partial charge in [-0.05, 0) is 44.3 Å². The molecule has 19 heavy (non-hydrogen) atoms. The lowest BCUT2D eigenvalue weighted by atomic mass is 10.1. The summed E-state index contributed by atoms with van der Waals surface area (Å²) in [5, 5.41) is 12.2. The van der Waals surface area contributed by atoms with Crippen LogP contribution in [0.25, 0.3) is 0 Å². The maximum Gasteiger partial charge on any atom is 0.338 e. The van der Waals surface area contributed by atoms with Gasteiger partial charge in [-0.1, -0.05) is 0 Å². The fraction of sp³-hybridized carbons (Fsp3) is 0.643. The Hall–Kier alpha value is -1.33. The van der Waals surface area contributed by atoms with Crippen molar-refractivity contribution < 1.29 is 14.3 Å². The summed E-state index contributed by atoms with van der Waals surface area (Å²) >= 11 is 0. The van der Waals surface area contributed by atoms with E-state index in [0.717, 1.165) is 18.5 Å². The van der Waals surface area contributed by atoms with Crippen LogP contribution in [0, 0.1) is 5.92 Å². The van der Waals surface area contributed by atoms with Crippen LogP contribution >= 0.6 is 0 Å². The van der Waals surface area contributed by atoms with Crippen molar-refractivity contribution in [3.05, 3.63) is 23.7 Å². The van der Waals surface area contributed by atoms with Gasteiger partial charge in [0.2, 0.25) is 0 Å². The zero-order valence-corrected chi connectivity index (χ0v) is 11.0. The summed E-state index contributed by atoms with van der Waals surface area (Å²) in [5.74, 6) is 0.467. The van der Waals surface area contributed by atoms with E-state index in [1.807, 2.05) is 0 Å². The van der Waals surface area contributed by atoms with Gasteiger partial charge < -0.3 is 19.7 Å². The number of carboxylic acid groups (broad SMARTS) is 1. The zero-order chi connectivity index (χ0) is 13.2. The molecule has 0 amide bonds. The van der Waals surface area contributed by atoms with Crippen molar-refractivity contribution in [1.82, 2.24) is 10.2 Å². The molecule has 5 heteroatoms. The van der Waals surface area contributed by atoms with Crippen LogP contribution in [-0.4, -0.2) is 41.7 Å². The Morgan fingerprint density at radius 3 is 3.00 bits per heavy atom. The van der Waals surface area contributed by atoms with Crippen LogP contribution < -0.4 is 5.32 Å². The smallest absolute Gasteiger partial charge is 0.338 e. The number of hydrogen-bond donors (Lipinski definition) is 2. The summed E-state index contributed by atoms with van der Waals surface area (Å²) in [7, 11) is 0. The van der Waals surface area contributed by atoms with Crippen LogP contribution in [0.5, 0.6) is 0 Å². The van der Waals surface area contributed by atoms with Gasteiger partial charge in [0.05, 0.1) is 12.1 Å². The first-order valence-corrected chi connectivity index (χ1v) is 6.98. The van der Waals surface area contributed by atoms with Gasteiger partial charge in [0.1, 0.15) is 12.0 Å². The number of furan rings is 1. The number of hydrogen-bond acceptors (Lipinski definition) is 4. The summed E-state index contributed by atoms with van der Waals surface area (Å²) in [6.45, 7) is 4.02. The van der Waals surface area contributed by atoms with Gasteiger partial charge in [-0.25, -0.2) is 4.79 Å². The maximum atomic E-state index is 10.7. The van der Waals surface area contributed by atoms with Crippen molar-refractivity contribution in [2.45, 2.75) is 31.8 Å². The van der Waals surface area contributed by atoms with E-state index < -0.39 is 5.97 Å². The third-order valence-corrected chi connectivity index (χ3v) is 4.01. The molecule has 0 spiro atoms. The highest BCUT2D eigenvalue weighted by Gasteiger charge is 2.33. The Kier molecular flexibility index (Phi) is 3.57. The highest BCUT2D eigenvalue weighted by Crippen LogP contribution is 2.31. The monoisotopic (exact) mass is 264 g/mol. The molecule has 1 atom stereocenters. The fourth-order valence-electron chi connectivity index (χ4n) is 2.79. The molecule has 104 valence electrons. The van der Waals surface area contributed by atoms with Gasteiger partial charge in [-0.15, -0.1) is 0 Å². The zero-order valence-electron chi connectivity index (χ0n) is 11.0. The van der Waals surface area contributed by atoms with Gasteiger partial charge in [0.25, 0.3) is 0 Å². The molecule has 0 bridgehead atoms. The van der Waals surface area contributed by atoms with Crippen LogP contribution in [0.4, 0.5) is 0 Å². The Labute approximate surface area is 112 Å². The second-order valence-electron chi connectivity index (χ2n) is 5.62. The highest BCUT2D eigenvalue weighted by molar-refractivity contribution is 5.87. The van der Waals surface area contributed by atoms with E-state index in [9.17, 15) is 4.79 Å². The number of nitrogens with zero attached hydrogens (tertiary/aromatic N) is 1. The molecule has 2 aliphatic rings. The number of carboxylic acids is 1. The molecular formula is C14H20N2O3. The molecule has 1 unspecified atom stereocenters. The molecule has 1 saturated heterocycles. The standard InChI is InChI=1S/C14H20N2O3/c17-14(18)11-5-13(19-9-11)7-15-6-10-3-4-16(8-10)12-1-2-12/h5,9-10,12,15H,1-4,6-8H2,(H,17,18). The first kappa shape index (κ1) is 12.7. The Balaban J connectivity index is 1.39. The molecular weight excluding hydrogens is 244 g/mol. The number of aromatic carboxylic acids is 1. The predicted molar refractivity (Wildman–Crippen MR) is 70.1 cm³/mol. The van der Waals surface area contributed by atoms with Crippen molar-refractivity contribution in [1.29, 1.82) is 0 Å². The quantitative estimate of drug-likeness (QED) is 0.816. The second-order valence-corrected chi connectivity index (χ2v) is 5.62. The Morgan fingerprint density at radius 2 is 2.32 bits per heavy atom. The normalized spacial score (nSPS) is 23.9. The third kappa shape index (κ3) is 3.16. The van der Waals surface area contributed by atoms with Crippen LogP contribution in [0.15, 0.2) is 16.7 Å². The molecule has 1 aromatic rings. The fourth-order valence-corrected chi connectivity index (χ4v) is 2.79. The van der Waals surface area contributed by atoms with Crippen molar-refractivity contribution >= 4 is 5.97 Å². The van der Waals surface area contributed by atoms with Crippen molar-refractivity contribution in [2.75, 3.05) is 19.6 Å². The van der Waals surface area contributed by atoms with Gasteiger partial charge in [0, 0.05) is 12.6 Å². The molecule has 2 N–H and O–H groups in total. The summed E-state index contributed by atoms with van der Waals surface area (Å²) in [4.78, 5) is 13.3. The molecule has 3 rings (SSSR count). The van der Waals surface area contributed by atoms with Crippen molar-refractivity contribution in [3.63, 3.8) is 0 Å². The lowest BCUT2D eigenvalue weighted by Crippen LogP contribution is -2.27. The van der Waals surface area contributed by atoms with Crippen molar-refractivity contribution in [3.8, 4) is 0 Å². The number of likely N-dealkylation sites (tertiary alicyclic amines) is 1. The van der Waals surface area contributed by atoms with Gasteiger partial charge >= 0.3 is 5.97 Å². The lowest BCUT2D eigenvalue weighted by molar-refractivity contribution is 0.0696. The predicted octanol–water partition coefficient (Wildman–Crippen LogP) is 1.55. The molecule has 1 saturated carbocycles. The second kappa shape index (κ2) is 5.35. The van der Waals surface area contributed by atoms with E-state index in [4.69, 9.17) is 9.52 Å². The number of carbonyl (C=O) groups is 1. The molecule has 0 radical (unpaired) electrons. The van der Waals surface area contributed by atoms with E-state index in [1.54, 1.807) is 6.07 Å². The Morgan fingerprint density at radius 1 is 1.47 bits per heavy atom. The van der Waals surface area contributed by atoms with Crippen LogP contribution in [0.1, 0.15) is 35.4 Å². The number of nitrogens with one attached hydrogen (secondary N) is 1. The van der Waals surface area contributed by atoms with E-state index in [2.05, 4.69) is 10.2 Å². The average molecular weight is 264 g/mol. The first-order valence-electron chi connectivity index (χ1n) is 6.98. The van der Waals surface area contributed by atoms with Crippen LogP contribution in [-0.2, 0) is 6.54 Å². The summed E-state index contributed by atoms with van der Waals surface area (Å²) in [5.41, 5.74) is 0.220. The average Bonchev–Trinajstić information content (AvgIpc) is 2.94. The molecule has 5 nitrogen and oxygen atoms in total. The van der Waals surface area contributed by atoms with E-state index in [1.165, 1.54) is 38.6 Å². The molecule has 1 aliphatic carbocycles. The highest BCUT2D eigenvalue weighted by atomic mass is 16.4. The lowest BCUT2D eigenvalue weighted by Gasteiger charge is -2.14. The topological polar surface area (TPSA) is 65.7 Å². The summed E-state index contributed by atoms with van der Waals surface area (Å²) in [6.07, 6.45) is 5.32. The largest absolute Gasteiger partial charge is 0.478 e. The van der Waals surface area contributed by atoms with Crippen LogP contribution in [0.2, 0.25) is 0 Å². The van der Waals surface area contributed by atoms with Gasteiger partial charge in [-0.3, -0.25) is 0 Å². The Bertz CT molecular complexity index is 453. The molecule has 1 aliphatic heterocycles. The van der Waals surface area contributed by atoms with Gasteiger partial charge in [0.15, 0.2) is 0 Å². The minimum atomic E-state index is -0.939. The third-order valence-electron chi connectivity index (χ3n) is 4.01. The van der Waals surface area contributed by atoms with Crippen LogP contribution in [0.3, 0.4) is 0 Å². The first-order chi connectivity index (χ1) is 9.22. The van der Waals surface area contributed by atoms with E-state index in [0.29, 0.717) is 12.3 Å². The molecule has 2 fully saturated rings. The maximum absolute atomic E-state index is 10.7. The van der Waals surface area contributed by atoms with Gasteiger partial charge in [-0.2, -0.15) is 0 Å². The molecule has 0 aromatic carbocycles. The van der Waals surface area contributed by atoms with E-state index in [-0.39, 0.29) is 5.56 Å². The SMILES string of the molecule is O=C(O)c1coc(CNCC2CCN(C3CC3)C2)c1. The summed E-state index contributed by atoms with van der Waals surface area (Å²) in [6, 6.07) is 2.45. The van der Waals surface area contributed by atoms with Crippen molar-refractivity contribution in [2.24, 2.45) is 5.92 Å². The summed E-state index contributed by atoms with van der Waals surface area (Å²) < 4.78 is 5.21.